The monoisotopic (exact) mass is 345 g/mol. The van der Waals surface area contributed by atoms with Gasteiger partial charge in [0, 0.05) is 42.0 Å². The van der Waals surface area contributed by atoms with E-state index in [2.05, 4.69) is 24.6 Å². The second-order valence-electron chi connectivity index (χ2n) is 6.87. The molecule has 3 heterocycles. The number of aryl methyl sites for hydroxylation is 1. The number of pyridine rings is 1. The molecular formula is C17H23N5OS. The van der Waals surface area contributed by atoms with Gasteiger partial charge in [0.1, 0.15) is 5.65 Å². The van der Waals surface area contributed by atoms with Crippen molar-refractivity contribution in [3.63, 3.8) is 0 Å². The van der Waals surface area contributed by atoms with Gasteiger partial charge in [-0.3, -0.25) is 9.10 Å². The highest BCUT2D eigenvalue weighted by atomic mass is 32.2. The molecular weight excluding hydrogens is 322 g/mol. The van der Waals surface area contributed by atoms with E-state index in [1.165, 1.54) is 18.6 Å². The van der Waals surface area contributed by atoms with Gasteiger partial charge in [0.2, 0.25) is 5.95 Å². The van der Waals surface area contributed by atoms with E-state index in [4.69, 9.17) is 0 Å². The summed E-state index contributed by atoms with van der Waals surface area (Å²) in [6.07, 6.45) is 6.82. The first-order valence-corrected chi connectivity index (χ1v) is 9.63. The third-order valence-corrected chi connectivity index (χ3v) is 6.11. The summed E-state index contributed by atoms with van der Waals surface area (Å²) >= 11 is 2.02. The molecule has 2 fully saturated rings. The van der Waals surface area contributed by atoms with E-state index in [-0.39, 0.29) is 5.56 Å². The molecule has 1 saturated carbocycles. The topological polar surface area (TPSA) is 73.9 Å². The van der Waals surface area contributed by atoms with E-state index < -0.39 is 0 Å². The van der Waals surface area contributed by atoms with Crippen LogP contribution in [-0.2, 0) is 0 Å². The van der Waals surface area contributed by atoms with Crippen LogP contribution in [0.15, 0.2) is 17.1 Å². The second-order valence-corrected chi connectivity index (χ2v) is 7.97. The maximum atomic E-state index is 11.7. The lowest BCUT2D eigenvalue weighted by Gasteiger charge is -2.31. The van der Waals surface area contributed by atoms with Crippen molar-refractivity contribution in [2.45, 2.75) is 38.6 Å². The molecule has 0 amide bonds. The van der Waals surface area contributed by atoms with Crippen molar-refractivity contribution < 1.29 is 0 Å². The Morgan fingerprint density at radius 1 is 1.33 bits per heavy atom. The SMILES string of the molecule is Cc1cc2cnc(NC3CCN(SCC4CC4)CC3)nc2[nH]c1=O. The molecule has 24 heavy (non-hydrogen) atoms. The first-order valence-electron chi connectivity index (χ1n) is 8.68. The van der Waals surface area contributed by atoms with Gasteiger partial charge in [-0.25, -0.2) is 4.98 Å². The van der Waals surface area contributed by atoms with Crippen molar-refractivity contribution >= 4 is 28.9 Å². The average Bonchev–Trinajstić information content (AvgIpc) is 3.40. The van der Waals surface area contributed by atoms with E-state index in [1.807, 2.05) is 18.0 Å². The molecule has 6 nitrogen and oxygen atoms in total. The minimum absolute atomic E-state index is 0.0897. The van der Waals surface area contributed by atoms with Gasteiger partial charge in [-0.15, -0.1) is 0 Å². The van der Waals surface area contributed by atoms with Crippen molar-refractivity contribution in [2.75, 3.05) is 24.2 Å². The number of hydrogen-bond donors (Lipinski definition) is 2. The molecule has 0 atom stereocenters. The number of piperidine rings is 1. The minimum Gasteiger partial charge on any atom is -0.351 e. The molecule has 0 aromatic carbocycles. The molecule has 0 unspecified atom stereocenters. The van der Waals surface area contributed by atoms with Crippen LogP contribution in [0, 0.1) is 12.8 Å². The Labute approximate surface area is 145 Å². The fraction of sp³-hybridized carbons (Fsp3) is 0.588. The summed E-state index contributed by atoms with van der Waals surface area (Å²) in [5.74, 6) is 2.87. The van der Waals surface area contributed by atoms with Crippen LogP contribution in [0.5, 0.6) is 0 Å². The van der Waals surface area contributed by atoms with Crippen LogP contribution in [-0.4, -0.2) is 44.1 Å². The zero-order valence-corrected chi connectivity index (χ0v) is 14.7. The third-order valence-electron chi connectivity index (χ3n) is 4.76. The number of anilines is 1. The van der Waals surface area contributed by atoms with Crippen molar-refractivity contribution in [2.24, 2.45) is 5.92 Å². The van der Waals surface area contributed by atoms with Gasteiger partial charge in [-0.1, -0.05) is 11.9 Å². The highest BCUT2D eigenvalue weighted by Crippen LogP contribution is 2.34. The molecule has 0 spiro atoms. The number of nitrogens with zero attached hydrogens (tertiary/aromatic N) is 3. The lowest BCUT2D eigenvalue weighted by molar-refractivity contribution is 0.357. The van der Waals surface area contributed by atoms with Crippen LogP contribution >= 0.6 is 11.9 Å². The zero-order chi connectivity index (χ0) is 16.5. The number of aromatic amines is 1. The highest BCUT2D eigenvalue weighted by molar-refractivity contribution is 7.97. The molecule has 0 radical (unpaired) electrons. The third kappa shape index (κ3) is 3.72. The number of rotatable bonds is 5. The summed E-state index contributed by atoms with van der Waals surface area (Å²) in [7, 11) is 0. The average molecular weight is 345 g/mol. The number of hydrogen-bond acceptors (Lipinski definition) is 6. The van der Waals surface area contributed by atoms with Gasteiger partial charge < -0.3 is 10.3 Å². The fourth-order valence-electron chi connectivity index (χ4n) is 2.98. The first kappa shape index (κ1) is 15.9. The lowest BCUT2D eigenvalue weighted by atomic mass is 10.1. The van der Waals surface area contributed by atoms with E-state index in [1.54, 1.807) is 13.1 Å². The zero-order valence-electron chi connectivity index (χ0n) is 13.9. The molecule has 1 saturated heterocycles. The minimum atomic E-state index is -0.0897. The summed E-state index contributed by atoms with van der Waals surface area (Å²) in [6, 6.07) is 2.23. The summed E-state index contributed by atoms with van der Waals surface area (Å²) in [6.45, 7) is 4.01. The normalized spacial score (nSPS) is 19.7. The van der Waals surface area contributed by atoms with Gasteiger partial charge in [0.05, 0.1) is 0 Å². The van der Waals surface area contributed by atoms with Gasteiger partial charge in [-0.2, -0.15) is 4.98 Å². The summed E-state index contributed by atoms with van der Waals surface area (Å²) in [4.78, 5) is 23.4. The van der Waals surface area contributed by atoms with Gasteiger partial charge in [0.25, 0.3) is 5.56 Å². The Kier molecular flexibility index (Phi) is 4.45. The Morgan fingerprint density at radius 2 is 2.12 bits per heavy atom. The summed E-state index contributed by atoms with van der Waals surface area (Å²) in [5.41, 5.74) is 1.19. The molecule has 1 aliphatic heterocycles. The molecule has 7 heteroatoms. The van der Waals surface area contributed by atoms with Crippen molar-refractivity contribution in [1.82, 2.24) is 19.3 Å². The Hall–Kier alpha value is -1.60. The van der Waals surface area contributed by atoms with E-state index in [9.17, 15) is 4.79 Å². The molecule has 2 aromatic rings. The van der Waals surface area contributed by atoms with Crippen molar-refractivity contribution in [3.05, 3.63) is 28.2 Å². The van der Waals surface area contributed by atoms with Crippen LogP contribution < -0.4 is 10.9 Å². The Balaban J connectivity index is 1.36. The standard InChI is InChI=1S/C17H23N5OS/c1-11-8-13-9-18-17(21-15(13)20-16(11)23)19-14-4-6-22(7-5-14)24-10-12-2-3-12/h8-9,12,14H,2-7,10H2,1H3,(H2,18,19,20,21,23). The maximum absolute atomic E-state index is 11.7. The van der Waals surface area contributed by atoms with Crippen LogP contribution in [0.3, 0.4) is 0 Å². The molecule has 2 aliphatic rings. The number of aromatic nitrogens is 3. The maximum Gasteiger partial charge on any atom is 0.252 e. The van der Waals surface area contributed by atoms with E-state index in [0.717, 1.165) is 37.2 Å². The molecule has 2 aromatic heterocycles. The Bertz CT molecular complexity index is 780. The van der Waals surface area contributed by atoms with Gasteiger partial charge in [-0.05, 0) is 44.6 Å². The Morgan fingerprint density at radius 3 is 2.88 bits per heavy atom. The van der Waals surface area contributed by atoms with E-state index in [0.29, 0.717) is 23.2 Å². The van der Waals surface area contributed by atoms with Crippen LogP contribution in [0.4, 0.5) is 5.95 Å². The molecule has 128 valence electrons. The van der Waals surface area contributed by atoms with Crippen LogP contribution in [0.25, 0.3) is 11.0 Å². The van der Waals surface area contributed by atoms with Crippen molar-refractivity contribution in [3.8, 4) is 0 Å². The quantitative estimate of drug-likeness (QED) is 0.812. The number of fused-ring (bicyclic) bond motifs is 1. The van der Waals surface area contributed by atoms with Crippen molar-refractivity contribution in [1.29, 1.82) is 0 Å². The van der Waals surface area contributed by atoms with E-state index >= 15 is 0 Å². The summed E-state index contributed by atoms with van der Waals surface area (Å²) < 4.78 is 2.50. The number of H-pyrrole nitrogens is 1. The predicted octanol–water partition coefficient (Wildman–Crippen LogP) is 2.56. The van der Waals surface area contributed by atoms with Gasteiger partial charge in [0.15, 0.2) is 0 Å². The molecule has 4 rings (SSSR count). The summed E-state index contributed by atoms with van der Waals surface area (Å²) in [5, 5.41) is 4.29. The molecule has 1 aliphatic carbocycles. The highest BCUT2D eigenvalue weighted by Gasteiger charge is 2.25. The molecule has 2 N–H and O–H groups in total. The van der Waals surface area contributed by atoms with Crippen LogP contribution in [0.1, 0.15) is 31.2 Å². The first-order chi connectivity index (χ1) is 11.7. The second kappa shape index (κ2) is 6.72. The molecule has 0 bridgehead atoms. The smallest absolute Gasteiger partial charge is 0.252 e. The fourth-order valence-corrected chi connectivity index (χ4v) is 4.20. The number of nitrogens with one attached hydrogen (secondary N) is 2. The van der Waals surface area contributed by atoms with Gasteiger partial charge >= 0.3 is 0 Å². The lowest BCUT2D eigenvalue weighted by Crippen LogP contribution is -2.36. The van der Waals surface area contributed by atoms with Crippen LogP contribution in [0.2, 0.25) is 0 Å². The largest absolute Gasteiger partial charge is 0.351 e. The predicted molar refractivity (Wildman–Crippen MR) is 98.3 cm³/mol.